The minimum absolute atomic E-state index is 0.0700. The Morgan fingerprint density at radius 1 is 1.14 bits per heavy atom. The van der Waals surface area contributed by atoms with Gasteiger partial charge < -0.3 is 14.8 Å². The summed E-state index contributed by atoms with van der Waals surface area (Å²) in [6, 6.07) is 14.5. The lowest BCUT2D eigenvalue weighted by molar-refractivity contribution is 0.562. The molecule has 3 aromatic rings. The van der Waals surface area contributed by atoms with Gasteiger partial charge in [0.05, 0.1) is 17.8 Å². The lowest BCUT2D eigenvalue weighted by Crippen LogP contribution is -2.29. The van der Waals surface area contributed by atoms with Gasteiger partial charge in [0.25, 0.3) is 0 Å². The van der Waals surface area contributed by atoms with E-state index < -0.39 is 0 Å². The fourth-order valence-electron chi connectivity index (χ4n) is 4.16. The van der Waals surface area contributed by atoms with E-state index in [2.05, 4.69) is 46.6 Å². The molecule has 2 atom stereocenters. The summed E-state index contributed by atoms with van der Waals surface area (Å²) in [6.45, 7) is 7.33. The Morgan fingerprint density at radius 2 is 1.89 bits per heavy atom. The van der Waals surface area contributed by atoms with Crippen LogP contribution in [-0.2, 0) is 6.54 Å². The third kappa shape index (κ3) is 3.07. The first kappa shape index (κ1) is 18.6. The Labute approximate surface area is 170 Å². The quantitative estimate of drug-likeness (QED) is 0.642. The van der Waals surface area contributed by atoms with Crippen LogP contribution in [0.2, 0.25) is 0 Å². The van der Waals surface area contributed by atoms with Gasteiger partial charge in [-0.05, 0) is 81.0 Å². The summed E-state index contributed by atoms with van der Waals surface area (Å²) in [5, 5.41) is 4.07. The zero-order chi connectivity index (χ0) is 19.8. The van der Waals surface area contributed by atoms with Gasteiger partial charge in [-0.2, -0.15) is 0 Å². The van der Waals surface area contributed by atoms with Crippen molar-refractivity contribution in [2.75, 3.05) is 4.90 Å². The van der Waals surface area contributed by atoms with Crippen LogP contribution in [0.4, 0.5) is 10.1 Å². The Kier molecular flexibility index (Phi) is 4.89. The Balaban J connectivity index is 1.88. The molecule has 6 heteroatoms. The van der Waals surface area contributed by atoms with Crippen molar-refractivity contribution in [2.45, 2.75) is 39.4 Å². The molecule has 28 heavy (non-hydrogen) atoms. The van der Waals surface area contributed by atoms with Crippen molar-refractivity contribution in [1.29, 1.82) is 0 Å². The summed E-state index contributed by atoms with van der Waals surface area (Å²) in [5.41, 5.74) is 5.42. The van der Waals surface area contributed by atoms with E-state index in [-0.39, 0.29) is 17.9 Å². The Hall–Kier alpha value is -2.73. The molecule has 2 unspecified atom stereocenters. The summed E-state index contributed by atoms with van der Waals surface area (Å²) in [4.78, 5) is 6.66. The largest absolute Gasteiger partial charge is 0.351 e. The SMILES string of the molecule is CCn1c(C)cc(C2C(c3ccccn3)NC(=S)N2c2ccc(F)cc2)c1C. The minimum Gasteiger partial charge on any atom is -0.351 e. The van der Waals surface area contributed by atoms with Crippen LogP contribution in [0, 0.1) is 19.7 Å². The zero-order valence-corrected chi connectivity index (χ0v) is 17.0. The summed E-state index contributed by atoms with van der Waals surface area (Å²) in [5.74, 6) is -0.260. The predicted molar refractivity (Wildman–Crippen MR) is 114 cm³/mol. The maximum atomic E-state index is 13.5. The molecule has 0 spiro atoms. The monoisotopic (exact) mass is 394 g/mol. The molecular weight excluding hydrogens is 371 g/mol. The maximum absolute atomic E-state index is 13.5. The molecule has 1 saturated heterocycles. The lowest BCUT2D eigenvalue weighted by Gasteiger charge is -2.28. The molecule has 1 aliphatic heterocycles. The summed E-state index contributed by atoms with van der Waals surface area (Å²) >= 11 is 5.71. The molecule has 3 heterocycles. The third-order valence-corrected chi connectivity index (χ3v) is 5.77. The molecule has 1 aliphatic rings. The van der Waals surface area contributed by atoms with Gasteiger partial charge in [-0.25, -0.2) is 4.39 Å². The van der Waals surface area contributed by atoms with Gasteiger partial charge in [-0.3, -0.25) is 4.98 Å². The number of hydrogen-bond donors (Lipinski definition) is 1. The first-order valence-corrected chi connectivity index (χ1v) is 9.85. The molecule has 0 amide bonds. The number of aryl methyl sites for hydroxylation is 1. The van der Waals surface area contributed by atoms with Crippen molar-refractivity contribution in [3.8, 4) is 0 Å². The number of rotatable bonds is 4. The highest BCUT2D eigenvalue weighted by Gasteiger charge is 2.42. The number of pyridine rings is 1. The maximum Gasteiger partial charge on any atom is 0.174 e. The zero-order valence-electron chi connectivity index (χ0n) is 16.2. The average Bonchev–Trinajstić information content (AvgIpc) is 3.18. The van der Waals surface area contributed by atoms with Crippen molar-refractivity contribution in [3.05, 3.63) is 83.2 Å². The molecule has 144 valence electrons. The number of hydrogen-bond acceptors (Lipinski definition) is 2. The minimum atomic E-state index is -0.260. The predicted octanol–water partition coefficient (Wildman–Crippen LogP) is 4.84. The lowest BCUT2D eigenvalue weighted by atomic mass is 9.96. The molecule has 2 aromatic heterocycles. The van der Waals surface area contributed by atoms with Crippen LogP contribution in [0.25, 0.3) is 0 Å². The number of aromatic nitrogens is 2. The van der Waals surface area contributed by atoms with Crippen LogP contribution in [0.1, 0.15) is 41.7 Å². The number of anilines is 1. The molecular formula is C22H23FN4S. The van der Waals surface area contributed by atoms with Crippen LogP contribution in [0.3, 0.4) is 0 Å². The van der Waals surface area contributed by atoms with Crippen LogP contribution in [0.5, 0.6) is 0 Å². The molecule has 0 saturated carbocycles. The number of nitrogens with one attached hydrogen (secondary N) is 1. The third-order valence-electron chi connectivity index (χ3n) is 5.45. The highest BCUT2D eigenvalue weighted by atomic mass is 32.1. The van der Waals surface area contributed by atoms with E-state index in [0.717, 1.165) is 17.9 Å². The fraction of sp³-hybridized carbons (Fsp3) is 0.273. The van der Waals surface area contributed by atoms with Crippen LogP contribution in [-0.4, -0.2) is 14.7 Å². The van der Waals surface area contributed by atoms with E-state index in [0.29, 0.717) is 5.11 Å². The smallest absolute Gasteiger partial charge is 0.174 e. The molecule has 1 fully saturated rings. The van der Waals surface area contributed by atoms with Gasteiger partial charge in [-0.15, -0.1) is 0 Å². The molecule has 1 N–H and O–H groups in total. The summed E-state index contributed by atoms with van der Waals surface area (Å²) < 4.78 is 15.8. The van der Waals surface area contributed by atoms with Crippen LogP contribution < -0.4 is 10.2 Å². The summed E-state index contributed by atoms with van der Waals surface area (Å²) in [6.07, 6.45) is 1.80. The van der Waals surface area contributed by atoms with Crippen LogP contribution in [0.15, 0.2) is 54.7 Å². The highest BCUT2D eigenvalue weighted by Crippen LogP contribution is 2.43. The molecule has 0 aliphatic carbocycles. The van der Waals surface area contributed by atoms with Crippen molar-refractivity contribution in [1.82, 2.24) is 14.9 Å². The van der Waals surface area contributed by atoms with E-state index in [4.69, 9.17) is 12.2 Å². The van der Waals surface area contributed by atoms with Gasteiger partial charge in [0.2, 0.25) is 0 Å². The van der Waals surface area contributed by atoms with Crippen molar-refractivity contribution in [2.24, 2.45) is 0 Å². The molecule has 1 aromatic carbocycles. The standard InChI is InChI=1S/C22H23FN4S/c1-4-26-14(2)13-18(15(26)3)21-20(19-7-5-6-12-24-19)25-22(28)27(21)17-10-8-16(23)9-11-17/h5-13,20-21H,4H2,1-3H3,(H,25,28). The Bertz CT molecular complexity index is 997. The number of benzene rings is 1. The second-order valence-electron chi connectivity index (χ2n) is 7.04. The van der Waals surface area contributed by atoms with Crippen molar-refractivity contribution in [3.63, 3.8) is 0 Å². The second kappa shape index (κ2) is 7.36. The second-order valence-corrected chi connectivity index (χ2v) is 7.43. The Morgan fingerprint density at radius 3 is 2.50 bits per heavy atom. The first-order chi connectivity index (χ1) is 13.5. The van der Waals surface area contributed by atoms with Crippen LogP contribution >= 0.6 is 12.2 Å². The van der Waals surface area contributed by atoms with Gasteiger partial charge in [0, 0.05) is 29.8 Å². The van der Waals surface area contributed by atoms with Crippen molar-refractivity contribution >= 4 is 23.0 Å². The van der Waals surface area contributed by atoms with E-state index in [9.17, 15) is 4.39 Å². The molecule has 0 bridgehead atoms. The number of halogens is 1. The molecule has 4 rings (SSSR count). The van der Waals surface area contributed by atoms with Crippen molar-refractivity contribution < 1.29 is 4.39 Å². The van der Waals surface area contributed by atoms with Gasteiger partial charge in [0.15, 0.2) is 5.11 Å². The molecule has 0 radical (unpaired) electrons. The number of nitrogens with zero attached hydrogens (tertiary/aromatic N) is 3. The summed E-state index contributed by atoms with van der Waals surface area (Å²) in [7, 11) is 0. The highest BCUT2D eigenvalue weighted by molar-refractivity contribution is 7.80. The fourth-order valence-corrected chi connectivity index (χ4v) is 4.51. The molecule has 4 nitrogen and oxygen atoms in total. The van der Waals surface area contributed by atoms with E-state index in [1.54, 1.807) is 18.3 Å². The van der Waals surface area contributed by atoms with E-state index in [1.165, 1.54) is 29.1 Å². The topological polar surface area (TPSA) is 33.1 Å². The van der Waals surface area contributed by atoms with Gasteiger partial charge in [0.1, 0.15) is 5.82 Å². The van der Waals surface area contributed by atoms with Gasteiger partial charge >= 0.3 is 0 Å². The van der Waals surface area contributed by atoms with E-state index >= 15 is 0 Å². The normalized spacial score (nSPS) is 19.1. The average molecular weight is 395 g/mol. The first-order valence-electron chi connectivity index (χ1n) is 9.44. The van der Waals surface area contributed by atoms with E-state index in [1.807, 2.05) is 18.2 Å². The van der Waals surface area contributed by atoms with Gasteiger partial charge in [-0.1, -0.05) is 6.07 Å². The number of thiocarbonyl (C=S) groups is 1.